The van der Waals surface area contributed by atoms with Gasteiger partial charge in [0.05, 0.1) is 5.69 Å². The molecule has 2 rings (SSSR count). The van der Waals surface area contributed by atoms with Crippen molar-refractivity contribution in [2.24, 2.45) is 5.41 Å². The highest BCUT2D eigenvalue weighted by atomic mass is 32.2. The molecule has 0 radical (unpaired) electrons. The molecular formula is C14H22N2O2S. The van der Waals surface area contributed by atoms with E-state index >= 15 is 0 Å². The largest absolute Gasteiger partial charge is 0.384 e. The summed E-state index contributed by atoms with van der Waals surface area (Å²) >= 11 is 0. The SMILES string of the molecule is CCNc1ccccc1S(=O)(=O)NCC1(CC)CC1. The van der Waals surface area contributed by atoms with Gasteiger partial charge in [0.1, 0.15) is 4.90 Å². The molecule has 1 aromatic rings. The van der Waals surface area contributed by atoms with Gasteiger partial charge in [-0.1, -0.05) is 19.1 Å². The van der Waals surface area contributed by atoms with E-state index in [0.717, 1.165) is 19.3 Å². The average Bonchev–Trinajstić information content (AvgIpc) is 3.18. The quantitative estimate of drug-likeness (QED) is 0.808. The molecule has 1 aromatic carbocycles. The zero-order chi connectivity index (χ0) is 13.9. The average molecular weight is 282 g/mol. The predicted octanol–water partition coefficient (Wildman–Crippen LogP) is 2.59. The minimum absolute atomic E-state index is 0.209. The van der Waals surface area contributed by atoms with Crippen LogP contribution in [0.1, 0.15) is 33.1 Å². The molecule has 0 bridgehead atoms. The van der Waals surface area contributed by atoms with Crippen LogP contribution >= 0.6 is 0 Å². The molecule has 0 aliphatic heterocycles. The number of hydrogen-bond donors (Lipinski definition) is 2. The lowest BCUT2D eigenvalue weighted by molar-refractivity contribution is 0.476. The highest BCUT2D eigenvalue weighted by Gasteiger charge is 2.41. The van der Waals surface area contributed by atoms with Gasteiger partial charge in [-0.05, 0) is 43.7 Å². The van der Waals surface area contributed by atoms with Crippen LogP contribution in [0.2, 0.25) is 0 Å². The molecule has 0 atom stereocenters. The van der Waals surface area contributed by atoms with E-state index in [0.29, 0.717) is 23.7 Å². The molecule has 0 saturated heterocycles. The molecule has 1 aliphatic carbocycles. The molecule has 4 nitrogen and oxygen atoms in total. The van der Waals surface area contributed by atoms with Crippen LogP contribution in [-0.2, 0) is 10.0 Å². The molecular weight excluding hydrogens is 260 g/mol. The van der Waals surface area contributed by atoms with E-state index in [9.17, 15) is 8.42 Å². The summed E-state index contributed by atoms with van der Waals surface area (Å²) in [6.07, 6.45) is 3.28. The molecule has 106 valence electrons. The summed E-state index contributed by atoms with van der Waals surface area (Å²) in [4.78, 5) is 0.337. The Morgan fingerprint density at radius 1 is 1.21 bits per heavy atom. The Morgan fingerprint density at radius 2 is 1.89 bits per heavy atom. The first-order valence-corrected chi connectivity index (χ1v) is 8.34. The maximum atomic E-state index is 12.4. The number of rotatable bonds is 7. The van der Waals surface area contributed by atoms with Crippen LogP contribution in [0.4, 0.5) is 5.69 Å². The maximum absolute atomic E-state index is 12.4. The molecule has 0 unspecified atom stereocenters. The number of nitrogens with one attached hydrogen (secondary N) is 2. The highest BCUT2D eigenvalue weighted by Crippen LogP contribution is 2.48. The predicted molar refractivity (Wildman–Crippen MR) is 77.8 cm³/mol. The van der Waals surface area contributed by atoms with Gasteiger partial charge in [-0.25, -0.2) is 13.1 Å². The monoisotopic (exact) mass is 282 g/mol. The second-order valence-electron chi connectivity index (χ2n) is 5.20. The third-order valence-electron chi connectivity index (χ3n) is 3.89. The number of anilines is 1. The Morgan fingerprint density at radius 3 is 2.47 bits per heavy atom. The minimum Gasteiger partial charge on any atom is -0.384 e. The van der Waals surface area contributed by atoms with Crippen LogP contribution in [0.5, 0.6) is 0 Å². The summed E-state index contributed by atoms with van der Waals surface area (Å²) in [6.45, 7) is 5.32. The summed E-state index contributed by atoms with van der Waals surface area (Å²) in [5, 5.41) is 3.09. The molecule has 5 heteroatoms. The first-order chi connectivity index (χ1) is 9.03. The van der Waals surface area contributed by atoms with Crippen molar-refractivity contribution in [1.29, 1.82) is 0 Å². The lowest BCUT2D eigenvalue weighted by atomic mass is 10.1. The van der Waals surface area contributed by atoms with Crippen LogP contribution in [0.3, 0.4) is 0 Å². The zero-order valence-electron chi connectivity index (χ0n) is 11.6. The fourth-order valence-electron chi connectivity index (χ4n) is 2.20. The number of para-hydroxylation sites is 1. The maximum Gasteiger partial charge on any atom is 0.242 e. The van der Waals surface area contributed by atoms with Gasteiger partial charge < -0.3 is 5.32 Å². The molecule has 1 aliphatic rings. The second-order valence-corrected chi connectivity index (χ2v) is 6.94. The van der Waals surface area contributed by atoms with Crippen molar-refractivity contribution in [3.8, 4) is 0 Å². The van der Waals surface area contributed by atoms with Crippen molar-refractivity contribution >= 4 is 15.7 Å². The van der Waals surface area contributed by atoms with Crippen molar-refractivity contribution in [2.75, 3.05) is 18.4 Å². The van der Waals surface area contributed by atoms with Crippen molar-refractivity contribution in [1.82, 2.24) is 4.72 Å². The van der Waals surface area contributed by atoms with Gasteiger partial charge >= 0.3 is 0 Å². The summed E-state index contributed by atoms with van der Waals surface area (Å²) in [6, 6.07) is 7.03. The Kier molecular flexibility index (Phi) is 4.16. The molecule has 0 aromatic heterocycles. The van der Waals surface area contributed by atoms with Gasteiger partial charge in [0, 0.05) is 13.1 Å². The lowest BCUT2D eigenvalue weighted by Crippen LogP contribution is -2.30. The van der Waals surface area contributed by atoms with Crippen LogP contribution in [0, 0.1) is 5.41 Å². The molecule has 0 spiro atoms. The molecule has 19 heavy (non-hydrogen) atoms. The fourth-order valence-corrected chi connectivity index (χ4v) is 3.53. The van der Waals surface area contributed by atoms with E-state index in [1.54, 1.807) is 18.2 Å². The summed E-state index contributed by atoms with van der Waals surface area (Å²) in [5.74, 6) is 0. The van der Waals surface area contributed by atoms with E-state index in [1.807, 2.05) is 13.0 Å². The van der Waals surface area contributed by atoms with Gasteiger partial charge in [0.25, 0.3) is 0 Å². The minimum atomic E-state index is -3.43. The van der Waals surface area contributed by atoms with E-state index in [4.69, 9.17) is 0 Å². The van der Waals surface area contributed by atoms with Crippen molar-refractivity contribution in [3.05, 3.63) is 24.3 Å². The van der Waals surface area contributed by atoms with Crippen LogP contribution in [0.25, 0.3) is 0 Å². The van der Waals surface area contributed by atoms with Crippen LogP contribution in [-0.4, -0.2) is 21.5 Å². The van der Waals surface area contributed by atoms with Crippen molar-refractivity contribution < 1.29 is 8.42 Å². The normalized spacial score (nSPS) is 17.2. The van der Waals surface area contributed by atoms with Gasteiger partial charge in [0.2, 0.25) is 10.0 Å². The lowest BCUT2D eigenvalue weighted by Gasteiger charge is -2.16. The number of sulfonamides is 1. The number of hydrogen-bond acceptors (Lipinski definition) is 3. The molecule has 0 amide bonds. The van der Waals surface area contributed by atoms with Crippen LogP contribution in [0.15, 0.2) is 29.2 Å². The third kappa shape index (κ3) is 3.28. The molecule has 1 saturated carbocycles. The second kappa shape index (κ2) is 5.51. The molecule has 2 N–H and O–H groups in total. The van der Waals surface area contributed by atoms with Gasteiger partial charge in [-0.15, -0.1) is 0 Å². The van der Waals surface area contributed by atoms with E-state index < -0.39 is 10.0 Å². The highest BCUT2D eigenvalue weighted by molar-refractivity contribution is 7.89. The first-order valence-electron chi connectivity index (χ1n) is 6.85. The summed E-state index contributed by atoms with van der Waals surface area (Å²) in [5.41, 5.74) is 0.874. The first kappa shape index (κ1) is 14.3. The topological polar surface area (TPSA) is 58.2 Å². The number of benzene rings is 1. The Balaban J connectivity index is 2.15. The third-order valence-corrected chi connectivity index (χ3v) is 5.35. The standard InChI is InChI=1S/C14H22N2O2S/c1-3-14(9-10-14)11-16-19(17,18)13-8-6-5-7-12(13)15-4-2/h5-8,15-16H,3-4,9-11H2,1-2H3. The molecule has 0 heterocycles. The van der Waals surface area contributed by atoms with Crippen molar-refractivity contribution in [3.63, 3.8) is 0 Å². The van der Waals surface area contributed by atoms with Gasteiger partial charge in [0.15, 0.2) is 0 Å². The summed E-state index contributed by atoms with van der Waals surface area (Å²) in [7, 11) is -3.43. The van der Waals surface area contributed by atoms with Gasteiger partial charge in [-0.3, -0.25) is 0 Å². The fraction of sp³-hybridized carbons (Fsp3) is 0.571. The van der Waals surface area contributed by atoms with Crippen LogP contribution < -0.4 is 10.0 Å². The van der Waals surface area contributed by atoms with E-state index in [-0.39, 0.29) is 5.41 Å². The smallest absolute Gasteiger partial charge is 0.242 e. The van der Waals surface area contributed by atoms with Crippen molar-refractivity contribution in [2.45, 2.75) is 38.0 Å². The summed E-state index contributed by atoms with van der Waals surface area (Å²) < 4.78 is 27.5. The Hall–Kier alpha value is -1.07. The molecule has 1 fully saturated rings. The van der Waals surface area contributed by atoms with E-state index in [2.05, 4.69) is 17.0 Å². The van der Waals surface area contributed by atoms with E-state index in [1.165, 1.54) is 0 Å². The zero-order valence-corrected chi connectivity index (χ0v) is 12.4. The Bertz CT molecular complexity index is 536. The van der Waals surface area contributed by atoms with Gasteiger partial charge in [-0.2, -0.15) is 0 Å². The Labute approximate surface area is 115 Å².